The van der Waals surface area contributed by atoms with E-state index >= 15 is 0 Å². The van der Waals surface area contributed by atoms with Gasteiger partial charge >= 0.3 is 0 Å². The van der Waals surface area contributed by atoms with Crippen LogP contribution in [0.5, 0.6) is 0 Å². The average molecular weight is 340 g/mol. The first-order valence-electron chi connectivity index (χ1n) is 9.43. The predicted molar refractivity (Wildman–Crippen MR) is 109 cm³/mol. The number of hydrogen-bond acceptors (Lipinski definition) is 1. The summed E-state index contributed by atoms with van der Waals surface area (Å²) in [6, 6.07) is 25.6. The lowest BCUT2D eigenvalue weighted by Crippen LogP contribution is -2.04. The molecule has 4 rings (SSSR count). The van der Waals surface area contributed by atoms with Gasteiger partial charge in [-0.1, -0.05) is 86.1 Å². The van der Waals surface area contributed by atoms with Gasteiger partial charge in [-0.25, -0.2) is 4.98 Å². The van der Waals surface area contributed by atoms with Crippen molar-refractivity contribution >= 4 is 10.8 Å². The second kappa shape index (κ2) is 7.57. The predicted octanol–water partition coefficient (Wildman–Crippen LogP) is 6.09. The van der Waals surface area contributed by atoms with Gasteiger partial charge in [-0.05, 0) is 22.8 Å². The highest BCUT2D eigenvalue weighted by atomic mass is 15.1. The minimum absolute atomic E-state index is 0.873. The fraction of sp³-hybridized carbons (Fsp3) is 0.208. The van der Waals surface area contributed by atoms with Crippen molar-refractivity contribution in [3.05, 3.63) is 90.4 Å². The maximum atomic E-state index is 5.03. The maximum absolute atomic E-state index is 5.03. The number of aromatic nitrogens is 2. The van der Waals surface area contributed by atoms with E-state index in [1.165, 1.54) is 40.6 Å². The van der Waals surface area contributed by atoms with Gasteiger partial charge in [0.2, 0.25) is 0 Å². The van der Waals surface area contributed by atoms with Crippen molar-refractivity contribution < 1.29 is 0 Å². The van der Waals surface area contributed by atoms with Crippen molar-refractivity contribution in [3.63, 3.8) is 0 Å². The zero-order valence-corrected chi connectivity index (χ0v) is 15.2. The van der Waals surface area contributed by atoms with E-state index in [-0.39, 0.29) is 0 Å². The lowest BCUT2D eigenvalue weighted by atomic mass is 10.0. The van der Waals surface area contributed by atoms with E-state index in [1.54, 1.807) is 0 Å². The maximum Gasteiger partial charge on any atom is 0.109 e. The first-order valence-corrected chi connectivity index (χ1v) is 9.43. The molecule has 0 fully saturated rings. The second-order valence-corrected chi connectivity index (χ2v) is 6.79. The van der Waals surface area contributed by atoms with Gasteiger partial charge in [0.1, 0.15) is 5.82 Å². The van der Waals surface area contributed by atoms with Crippen molar-refractivity contribution in [1.82, 2.24) is 9.55 Å². The van der Waals surface area contributed by atoms with Crippen LogP contribution in [0.15, 0.2) is 79.0 Å². The largest absolute Gasteiger partial charge is 0.330 e. The molecule has 0 unspecified atom stereocenters. The number of hydrogen-bond donors (Lipinski definition) is 0. The number of aryl methyl sites for hydroxylation is 1. The second-order valence-electron chi connectivity index (χ2n) is 6.79. The van der Waals surface area contributed by atoms with Crippen LogP contribution in [0.4, 0.5) is 0 Å². The third kappa shape index (κ3) is 3.41. The van der Waals surface area contributed by atoms with E-state index in [2.05, 4.69) is 90.5 Å². The molecule has 2 heteroatoms. The molecule has 0 N–H and O–H groups in total. The Balaban J connectivity index is 1.76. The Hall–Kier alpha value is -2.87. The third-order valence-corrected chi connectivity index (χ3v) is 4.87. The zero-order valence-electron chi connectivity index (χ0n) is 15.2. The molecule has 0 saturated heterocycles. The topological polar surface area (TPSA) is 17.8 Å². The van der Waals surface area contributed by atoms with Gasteiger partial charge in [0.15, 0.2) is 0 Å². The van der Waals surface area contributed by atoms with Gasteiger partial charge in [0.05, 0.1) is 5.69 Å². The molecular formula is C24H24N2. The third-order valence-electron chi connectivity index (χ3n) is 4.87. The number of fused-ring (bicyclic) bond motifs is 1. The Morgan fingerprint density at radius 1 is 0.846 bits per heavy atom. The Labute approximate surface area is 155 Å². The van der Waals surface area contributed by atoms with E-state index < -0.39 is 0 Å². The molecule has 3 aromatic carbocycles. The molecule has 0 aliphatic rings. The van der Waals surface area contributed by atoms with Gasteiger partial charge in [0, 0.05) is 24.7 Å². The zero-order chi connectivity index (χ0) is 17.8. The van der Waals surface area contributed by atoms with Gasteiger partial charge in [-0.2, -0.15) is 0 Å². The molecule has 0 radical (unpaired) electrons. The Bertz CT molecular complexity index is 994. The quantitative estimate of drug-likeness (QED) is 0.415. The van der Waals surface area contributed by atoms with Gasteiger partial charge in [-0.3, -0.25) is 0 Å². The molecule has 0 aliphatic carbocycles. The molecule has 0 spiro atoms. The van der Waals surface area contributed by atoms with Crippen molar-refractivity contribution in [1.29, 1.82) is 0 Å². The van der Waals surface area contributed by atoms with Crippen LogP contribution in [-0.2, 0) is 13.0 Å². The van der Waals surface area contributed by atoms with E-state index in [0.29, 0.717) is 0 Å². The molecule has 0 atom stereocenters. The fourth-order valence-corrected chi connectivity index (χ4v) is 3.48. The number of unbranched alkanes of at least 4 members (excludes halogenated alkanes) is 1. The van der Waals surface area contributed by atoms with E-state index in [1.807, 2.05) is 0 Å². The van der Waals surface area contributed by atoms with Crippen molar-refractivity contribution in [2.75, 3.05) is 0 Å². The number of rotatable bonds is 6. The van der Waals surface area contributed by atoms with Crippen LogP contribution in [0.1, 0.15) is 31.2 Å². The van der Waals surface area contributed by atoms with Crippen LogP contribution in [0.3, 0.4) is 0 Å². The first kappa shape index (κ1) is 16.6. The summed E-state index contributed by atoms with van der Waals surface area (Å²) in [5.41, 5.74) is 3.60. The summed E-state index contributed by atoms with van der Waals surface area (Å²) in [5.74, 6) is 1.18. The van der Waals surface area contributed by atoms with Crippen LogP contribution < -0.4 is 0 Å². The van der Waals surface area contributed by atoms with Crippen LogP contribution in [-0.4, -0.2) is 9.55 Å². The summed E-state index contributed by atoms with van der Waals surface area (Å²) in [4.78, 5) is 5.03. The Kier molecular flexibility index (Phi) is 4.83. The summed E-state index contributed by atoms with van der Waals surface area (Å²) < 4.78 is 2.32. The van der Waals surface area contributed by atoms with Crippen molar-refractivity contribution in [3.8, 4) is 11.3 Å². The summed E-state index contributed by atoms with van der Waals surface area (Å²) in [5, 5.41) is 2.53. The molecule has 1 aromatic heterocycles. The van der Waals surface area contributed by atoms with Crippen LogP contribution >= 0.6 is 0 Å². The number of imidazole rings is 1. The first-order chi connectivity index (χ1) is 12.8. The highest BCUT2D eigenvalue weighted by Gasteiger charge is 2.12. The summed E-state index contributed by atoms with van der Waals surface area (Å²) in [7, 11) is 0. The summed E-state index contributed by atoms with van der Waals surface area (Å²) in [6.07, 6.45) is 5.59. The highest BCUT2D eigenvalue weighted by molar-refractivity contribution is 5.95. The van der Waals surface area contributed by atoms with E-state index in [9.17, 15) is 0 Å². The lowest BCUT2D eigenvalue weighted by molar-refractivity contribution is 0.678. The molecule has 4 aromatic rings. The van der Waals surface area contributed by atoms with E-state index in [0.717, 1.165) is 18.7 Å². The molecule has 26 heavy (non-hydrogen) atoms. The average Bonchev–Trinajstić information content (AvgIpc) is 3.09. The molecule has 0 amide bonds. The summed E-state index contributed by atoms with van der Waals surface area (Å²) >= 11 is 0. The minimum Gasteiger partial charge on any atom is -0.330 e. The van der Waals surface area contributed by atoms with Crippen molar-refractivity contribution in [2.45, 2.75) is 32.7 Å². The molecule has 130 valence electrons. The van der Waals surface area contributed by atoms with Gasteiger partial charge in [-0.15, -0.1) is 0 Å². The van der Waals surface area contributed by atoms with Crippen LogP contribution in [0, 0.1) is 0 Å². The normalized spacial score (nSPS) is 11.1. The highest BCUT2D eigenvalue weighted by Crippen LogP contribution is 2.28. The SMILES string of the molecule is CCCCc1nc(-c2cccc3ccccc23)cn1Cc1ccccc1. The van der Waals surface area contributed by atoms with Gasteiger partial charge in [0.25, 0.3) is 0 Å². The van der Waals surface area contributed by atoms with Gasteiger partial charge < -0.3 is 4.57 Å². The number of benzene rings is 3. The Morgan fingerprint density at radius 3 is 2.46 bits per heavy atom. The standard InChI is InChI=1S/C24H24N2/c1-2-3-16-24-25-23(18-26(24)17-19-10-5-4-6-11-19)22-15-9-13-20-12-7-8-14-21(20)22/h4-15,18H,2-3,16-17H2,1H3. The molecular weight excluding hydrogens is 316 g/mol. The van der Waals surface area contributed by atoms with Crippen molar-refractivity contribution in [2.24, 2.45) is 0 Å². The molecule has 0 aliphatic heterocycles. The molecule has 0 bridgehead atoms. The minimum atomic E-state index is 0.873. The molecule has 0 saturated carbocycles. The van der Waals surface area contributed by atoms with E-state index in [4.69, 9.17) is 4.98 Å². The molecule has 2 nitrogen and oxygen atoms in total. The number of nitrogens with zero attached hydrogens (tertiary/aromatic N) is 2. The smallest absolute Gasteiger partial charge is 0.109 e. The monoisotopic (exact) mass is 340 g/mol. The molecule has 1 heterocycles. The summed E-state index contributed by atoms with van der Waals surface area (Å²) in [6.45, 7) is 3.10. The Morgan fingerprint density at radius 2 is 1.62 bits per heavy atom. The van der Waals surface area contributed by atoms with Crippen LogP contribution in [0.25, 0.3) is 22.0 Å². The fourth-order valence-electron chi connectivity index (χ4n) is 3.48. The lowest BCUT2D eigenvalue weighted by Gasteiger charge is -2.07. The van der Waals surface area contributed by atoms with Crippen LogP contribution in [0.2, 0.25) is 0 Å².